The molecule has 32 heavy (non-hydrogen) atoms. The minimum atomic E-state index is -2.09. The monoisotopic (exact) mass is 458 g/mol. The minimum absolute atomic E-state index is 0.0770. The highest BCUT2D eigenvalue weighted by Crippen LogP contribution is 2.27. The fourth-order valence-electron chi connectivity index (χ4n) is 2.78. The Labute approximate surface area is 192 Å². The van der Waals surface area contributed by atoms with Gasteiger partial charge in [-0.05, 0) is 25.7 Å². The number of esters is 4. The molecule has 8 heteroatoms. The fraction of sp³-hybridized carbons (Fsp3) is 0.833. The van der Waals surface area contributed by atoms with E-state index >= 15 is 0 Å². The molecule has 0 N–H and O–H groups in total. The number of carbonyl (C=O) groups excluding carboxylic acids is 4. The third-order valence-electron chi connectivity index (χ3n) is 4.78. The first-order valence-electron chi connectivity index (χ1n) is 12.0. The molecule has 0 heterocycles. The van der Waals surface area contributed by atoms with Gasteiger partial charge in [-0.15, -0.1) is 0 Å². The number of carbonyl (C=O) groups is 4. The van der Waals surface area contributed by atoms with E-state index in [0.29, 0.717) is 25.7 Å². The van der Waals surface area contributed by atoms with Gasteiger partial charge in [-0.1, -0.05) is 59.8 Å². The molecule has 0 aromatic heterocycles. The number of hydrogen-bond donors (Lipinski definition) is 0. The molecule has 0 atom stereocenters. The largest absolute Gasteiger partial charge is 0.466 e. The van der Waals surface area contributed by atoms with Crippen LogP contribution in [-0.2, 0) is 38.1 Å². The van der Waals surface area contributed by atoms with Crippen molar-refractivity contribution >= 4 is 23.9 Å². The number of unbranched alkanes of at least 4 members (excludes halogenated alkanes) is 5. The van der Waals surface area contributed by atoms with Gasteiger partial charge in [0.2, 0.25) is 5.60 Å². The summed E-state index contributed by atoms with van der Waals surface area (Å²) in [6.07, 6.45) is 5.57. The summed E-state index contributed by atoms with van der Waals surface area (Å²) in [5, 5.41) is 0. The van der Waals surface area contributed by atoms with Crippen LogP contribution in [0.5, 0.6) is 0 Å². The summed E-state index contributed by atoms with van der Waals surface area (Å²) in [5.74, 6) is -3.04. The third-order valence-corrected chi connectivity index (χ3v) is 4.78. The van der Waals surface area contributed by atoms with Gasteiger partial charge in [-0.25, -0.2) is 4.79 Å². The van der Waals surface area contributed by atoms with Gasteiger partial charge in [0.25, 0.3) is 0 Å². The van der Waals surface area contributed by atoms with Crippen LogP contribution < -0.4 is 0 Å². The van der Waals surface area contributed by atoms with Gasteiger partial charge >= 0.3 is 23.9 Å². The van der Waals surface area contributed by atoms with Crippen molar-refractivity contribution in [2.75, 3.05) is 19.8 Å². The Hall–Kier alpha value is -2.12. The van der Waals surface area contributed by atoms with Gasteiger partial charge in [0.1, 0.15) is 0 Å². The third kappa shape index (κ3) is 13.3. The lowest BCUT2D eigenvalue weighted by atomic mass is 9.94. The quantitative estimate of drug-likeness (QED) is 0.156. The molecule has 0 fully saturated rings. The standard InChI is InChI=1S/C24H42O8/c1-5-9-13-14-20(25)32-24(23(28)31-17-12-8-4,18-21(26)29-15-10-6-2)19-22(27)30-16-11-7-3/h5-19H2,1-4H3. The Morgan fingerprint density at radius 2 is 1.00 bits per heavy atom. The first-order valence-corrected chi connectivity index (χ1v) is 12.0. The Morgan fingerprint density at radius 1 is 0.562 bits per heavy atom. The van der Waals surface area contributed by atoms with E-state index in [1.807, 2.05) is 27.7 Å². The van der Waals surface area contributed by atoms with E-state index < -0.39 is 42.3 Å². The zero-order valence-electron chi connectivity index (χ0n) is 20.4. The molecule has 0 radical (unpaired) electrons. The molecule has 0 unspecified atom stereocenters. The van der Waals surface area contributed by atoms with Gasteiger partial charge in [0, 0.05) is 6.42 Å². The second-order valence-corrected chi connectivity index (χ2v) is 7.92. The van der Waals surface area contributed by atoms with Crippen molar-refractivity contribution in [3.63, 3.8) is 0 Å². The van der Waals surface area contributed by atoms with Crippen molar-refractivity contribution in [3.8, 4) is 0 Å². The van der Waals surface area contributed by atoms with Crippen molar-refractivity contribution in [2.24, 2.45) is 0 Å². The highest BCUT2D eigenvalue weighted by Gasteiger charge is 2.49. The number of ether oxygens (including phenoxy) is 4. The first kappa shape index (κ1) is 29.9. The van der Waals surface area contributed by atoms with E-state index in [0.717, 1.165) is 32.1 Å². The normalized spacial score (nSPS) is 11.0. The second-order valence-electron chi connectivity index (χ2n) is 7.92. The predicted octanol–water partition coefficient (Wildman–Crippen LogP) is 4.66. The SMILES string of the molecule is CCCCCC(=O)OC(CC(=O)OCCCC)(CC(=O)OCCCC)C(=O)OCCCC. The van der Waals surface area contributed by atoms with E-state index in [1.165, 1.54) is 0 Å². The Balaban J connectivity index is 5.64. The van der Waals surface area contributed by atoms with Gasteiger partial charge in [0.15, 0.2) is 0 Å². The van der Waals surface area contributed by atoms with E-state index in [9.17, 15) is 19.2 Å². The Morgan fingerprint density at radius 3 is 1.44 bits per heavy atom. The maximum absolute atomic E-state index is 13.0. The molecule has 0 saturated heterocycles. The van der Waals surface area contributed by atoms with Gasteiger partial charge in [-0.2, -0.15) is 0 Å². The Kier molecular flexibility index (Phi) is 17.2. The average Bonchev–Trinajstić information content (AvgIpc) is 2.74. The molecule has 186 valence electrons. The van der Waals surface area contributed by atoms with Crippen LogP contribution >= 0.6 is 0 Å². The molecule has 0 aliphatic heterocycles. The highest BCUT2D eigenvalue weighted by molar-refractivity contribution is 5.92. The molecule has 0 rings (SSSR count). The lowest BCUT2D eigenvalue weighted by Crippen LogP contribution is -2.48. The molecular weight excluding hydrogens is 416 g/mol. The van der Waals surface area contributed by atoms with Crippen LogP contribution in [0.15, 0.2) is 0 Å². The van der Waals surface area contributed by atoms with Crippen molar-refractivity contribution in [2.45, 2.75) is 110 Å². The van der Waals surface area contributed by atoms with Gasteiger partial charge in [-0.3, -0.25) is 14.4 Å². The van der Waals surface area contributed by atoms with Crippen LogP contribution in [0.25, 0.3) is 0 Å². The Bertz CT molecular complexity index is 498. The number of hydrogen-bond acceptors (Lipinski definition) is 8. The molecule has 8 nitrogen and oxygen atoms in total. The molecule has 0 aliphatic carbocycles. The summed E-state index contributed by atoms with van der Waals surface area (Å²) in [7, 11) is 0. The summed E-state index contributed by atoms with van der Waals surface area (Å²) >= 11 is 0. The molecule has 0 spiro atoms. The summed E-state index contributed by atoms with van der Waals surface area (Å²) in [4.78, 5) is 50.5. The van der Waals surface area contributed by atoms with Crippen molar-refractivity contribution in [1.29, 1.82) is 0 Å². The van der Waals surface area contributed by atoms with Crippen LogP contribution in [0, 0.1) is 0 Å². The van der Waals surface area contributed by atoms with Crippen LogP contribution in [0.3, 0.4) is 0 Å². The maximum Gasteiger partial charge on any atom is 0.351 e. The molecular formula is C24H42O8. The van der Waals surface area contributed by atoms with E-state index in [1.54, 1.807) is 0 Å². The van der Waals surface area contributed by atoms with Crippen molar-refractivity contribution in [1.82, 2.24) is 0 Å². The summed E-state index contributed by atoms with van der Waals surface area (Å²) < 4.78 is 21.2. The number of rotatable bonds is 19. The van der Waals surface area contributed by atoms with Gasteiger partial charge in [0.05, 0.1) is 32.7 Å². The molecule has 0 aromatic carbocycles. The lowest BCUT2D eigenvalue weighted by molar-refractivity contribution is -0.191. The molecule has 0 saturated carbocycles. The lowest BCUT2D eigenvalue weighted by Gasteiger charge is -2.30. The van der Waals surface area contributed by atoms with Crippen LogP contribution in [-0.4, -0.2) is 49.3 Å². The minimum Gasteiger partial charge on any atom is -0.466 e. The first-order chi connectivity index (χ1) is 15.3. The van der Waals surface area contributed by atoms with E-state index in [2.05, 4.69) is 0 Å². The van der Waals surface area contributed by atoms with E-state index in [4.69, 9.17) is 18.9 Å². The molecule has 0 aliphatic rings. The molecule has 0 bridgehead atoms. The zero-order valence-corrected chi connectivity index (χ0v) is 20.4. The zero-order chi connectivity index (χ0) is 24.2. The summed E-state index contributed by atoms with van der Waals surface area (Å²) in [5.41, 5.74) is -2.09. The van der Waals surface area contributed by atoms with Crippen molar-refractivity contribution in [3.05, 3.63) is 0 Å². The smallest absolute Gasteiger partial charge is 0.351 e. The van der Waals surface area contributed by atoms with E-state index in [-0.39, 0.29) is 26.2 Å². The summed E-state index contributed by atoms with van der Waals surface area (Å²) in [6.45, 7) is 8.30. The molecule has 0 aromatic rings. The fourth-order valence-corrected chi connectivity index (χ4v) is 2.78. The van der Waals surface area contributed by atoms with Gasteiger partial charge < -0.3 is 18.9 Å². The maximum atomic E-state index is 13.0. The highest BCUT2D eigenvalue weighted by atomic mass is 16.6. The van der Waals surface area contributed by atoms with Crippen molar-refractivity contribution < 1.29 is 38.1 Å². The molecule has 0 amide bonds. The summed E-state index contributed by atoms with van der Waals surface area (Å²) in [6, 6.07) is 0. The topological polar surface area (TPSA) is 105 Å². The van der Waals surface area contributed by atoms with Crippen LogP contribution in [0.2, 0.25) is 0 Å². The van der Waals surface area contributed by atoms with Crippen LogP contribution in [0.4, 0.5) is 0 Å². The second kappa shape index (κ2) is 18.5. The average molecular weight is 459 g/mol. The predicted molar refractivity (Wildman–Crippen MR) is 120 cm³/mol. The van der Waals surface area contributed by atoms with Crippen LogP contribution in [0.1, 0.15) is 105 Å².